The summed E-state index contributed by atoms with van der Waals surface area (Å²) in [5.41, 5.74) is 1.71. The average Bonchev–Trinajstić information content (AvgIpc) is 2.36. The van der Waals surface area contributed by atoms with Gasteiger partial charge in [-0.2, -0.15) is 0 Å². The first-order chi connectivity index (χ1) is 9.39. The Bertz CT molecular complexity index is 424. The number of rotatable bonds is 4. The van der Waals surface area contributed by atoms with Crippen molar-refractivity contribution in [1.29, 1.82) is 0 Å². The molecule has 0 bridgehead atoms. The molecule has 1 aliphatic carbocycles. The van der Waals surface area contributed by atoms with E-state index in [1.165, 1.54) is 18.4 Å². The molecule has 0 aromatic heterocycles. The molecule has 0 amide bonds. The van der Waals surface area contributed by atoms with Crippen LogP contribution in [0.1, 0.15) is 58.6 Å². The molecule has 0 spiro atoms. The Kier molecular flexibility index (Phi) is 4.74. The van der Waals surface area contributed by atoms with Crippen molar-refractivity contribution in [3.05, 3.63) is 29.8 Å². The first kappa shape index (κ1) is 15.4. The molecule has 0 heterocycles. The van der Waals surface area contributed by atoms with Crippen molar-refractivity contribution in [2.75, 3.05) is 7.05 Å². The van der Waals surface area contributed by atoms with E-state index in [0.717, 1.165) is 18.1 Å². The molecule has 3 atom stereocenters. The summed E-state index contributed by atoms with van der Waals surface area (Å²) in [5.74, 6) is 1.76. The minimum absolute atomic E-state index is 0.362. The van der Waals surface area contributed by atoms with Gasteiger partial charge >= 0.3 is 0 Å². The summed E-state index contributed by atoms with van der Waals surface area (Å²) >= 11 is 0. The molecule has 2 rings (SSSR count). The quantitative estimate of drug-likeness (QED) is 0.869. The van der Waals surface area contributed by atoms with Crippen molar-refractivity contribution in [2.45, 2.75) is 59.1 Å². The maximum Gasteiger partial charge on any atom is 0.119 e. The second kappa shape index (κ2) is 6.17. The molecule has 0 radical (unpaired) electrons. The van der Waals surface area contributed by atoms with Gasteiger partial charge in [-0.15, -0.1) is 0 Å². The molecule has 1 fully saturated rings. The van der Waals surface area contributed by atoms with E-state index in [1.54, 1.807) is 0 Å². The van der Waals surface area contributed by atoms with Crippen LogP contribution in [0.15, 0.2) is 24.3 Å². The molecule has 1 aromatic rings. The Labute approximate surface area is 123 Å². The third kappa shape index (κ3) is 3.99. The van der Waals surface area contributed by atoms with Crippen LogP contribution in [0.2, 0.25) is 0 Å². The van der Waals surface area contributed by atoms with Gasteiger partial charge in [0.1, 0.15) is 5.75 Å². The molecule has 20 heavy (non-hydrogen) atoms. The van der Waals surface area contributed by atoms with Gasteiger partial charge in [-0.3, -0.25) is 0 Å². The normalized spacial score (nSPS) is 27.1. The lowest BCUT2D eigenvalue weighted by Gasteiger charge is -2.38. The van der Waals surface area contributed by atoms with Gasteiger partial charge in [0, 0.05) is 6.04 Å². The van der Waals surface area contributed by atoms with Crippen LogP contribution in [0.4, 0.5) is 0 Å². The average molecular weight is 275 g/mol. The van der Waals surface area contributed by atoms with Crippen LogP contribution in [0.25, 0.3) is 0 Å². The second-order valence-corrected chi connectivity index (χ2v) is 7.23. The van der Waals surface area contributed by atoms with E-state index in [4.69, 9.17) is 4.74 Å². The predicted octanol–water partition coefficient (Wildman–Crippen LogP) is 4.56. The van der Waals surface area contributed by atoms with Gasteiger partial charge < -0.3 is 10.1 Å². The van der Waals surface area contributed by atoms with Crippen LogP contribution in [0.5, 0.6) is 5.75 Å². The van der Waals surface area contributed by atoms with E-state index in [9.17, 15) is 0 Å². The fourth-order valence-electron chi connectivity index (χ4n) is 3.54. The zero-order chi connectivity index (χ0) is 14.8. The van der Waals surface area contributed by atoms with Gasteiger partial charge in [0.25, 0.3) is 0 Å². The minimum atomic E-state index is 0.362. The predicted molar refractivity (Wildman–Crippen MR) is 85.1 cm³/mol. The summed E-state index contributed by atoms with van der Waals surface area (Å²) < 4.78 is 6.21. The topological polar surface area (TPSA) is 21.3 Å². The smallest absolute Gasteiger partial charge is 0.119 e. The van der Waals surface area contributed by atoms with Crippen LogP contribution in [0, 0.1) is 11.3 Å². The van der Waals surface area contributed by atoms with Crippen molar-refractivity contribution < 1.29 is 4.74 Å². The van der Waals surface area contributed by atoms with Crippen molar-refractivity contribution in [1.82, 2.24) is 5.32 Å². The maximum atomic E-state index is 6.21. The Morgan fingerprint density at radius 3 is 2.40 bits per heavy atom. The number of hydrogen-bond donors (Lipinski definition) is 1. The molecule has 1 aromatic carbocycles. The molecule has 1 aliphatic rings. The van der Waals surface area contributed by atoms with Gasteiger partial charge in [-0.25, -0.2) is 0 Å². The monoisotopic (exact) mass is 275 g/mol. The molecular weight excluding hydrogens is 246 g/mol. The third-order valence-electron chi connectivity index (χ3n) is 4.46. The molecule has 3 unspecified atom stereocenters. The van der Waals surface area contributed by atoms with Gasteiger partial charge in [0.05, 0.1) is 6.10 Å². The zero-order valence-electron chi connectivity index (χ0n) is 13.6. The van der Waals surface area contributed by atoms with Crippen LogP contribution < -0.4 is 10.1 Å². The van der Waals surface area contributed by atoms with Crippen LogP contribution in [-0.2, 0) is 0 Å². The number of ether oxygens (including phenoxy) is 1. The Balaban J connectivity index is 1.99. The lowest BCUT2D eigenvalue weighted by molar-refractivity contribution is 0.0562. The lowest BCUT2D eigenvalue weighted by atomic mass is 9.71. The maximum absolute atomic E-state index is 6.21. The highest BCUT2D eigenvalue weighted by atomic mass is 16.5. The van der Waals surface area contributed by atoms with E-state index in [2.05, 4.69) is 57.3 Å². The van der Waals surface area contributed by atoms with Gasteiger partial charge in [0.15, 0.2) is 0 Å². The van der Waals surface area contributed by atoms with E-state index in [1.807, 2.05) is 7.05 Å². The molecule has 1 N–H and O–H groups in total. The number of nitrogens with one attached hydrogen (secondary N) is 1. The largest absolute Gasteiger partial charge is 0.490 e. The standard InChI is InChI=1S/C18H29NO/c1-13-10-17(12-18(3,4)11-13)20-16-8-6-15(7-9-16)14(2)19-5/h6-9,13-14,17,19H,10-12H2,1-5H3. The molecule has 112 valence electrons. The van der Waals surface area contributed by atoms with E-state index < -0.39 is 0 Å². The first-order valence-corrected chi connectivity index (χ1v) is 7.83. The van der Waals surface area contributed by atoms with Crippen molar-refractivity contribution in [3.63, 3.8) is 0 Å². The summed E-state index contributed by atoms with van der Waals surface area (Å²) in [5, 5.41) is 3.26. The second-order valence-electron chi connectivity index (χ2n) is 7.23. The van der Waals surface area contributed by atoms with Crippen LogP contribution in [0.3, 0.4) is 0 Å². The third-order valence-corrected chi connectivity index (χ3v) is 4.46. The zero-order valence-corrected chi connectivity index (χ0v) is 13.6. The van der Waals surface area contributed by atoms with E-state index in [0.29, 0.717) is 17.6 Å². The fourth-order valence-corrected chi connectivity index (χ4v) is 3.54. The summed E-state index contributed by atoms with van der Waals surface area (Å²) in [6.07, 6.45) is 4.01. The Hall–Kier alpha value is -1.02. The Morgan fingerprint density at radius 2 is 1.85 bits per heavy atom. The minimum Gasteiger partial charge on any atom is -0.490 e. The van der Waals surface area contributed by atoms with Crippen molar-refractivity contribution >= 4 is 0 Å². The Morgan fingerprint density at radius 1 is 1.20 bits per heavy atom. The van der Waals surface area contributed by atoms with Crippen LogP contribution >= 0.6 is 0 Å². The summed E-state index contributed by atoms with van der Waals surface area (Å²) in [6.45, 7) is 9.23. The highest BCUT2D eigenvalue weighted by Crippen LogP contribution is 2.40. The fraction of sp³-hybridized carbons (Fsp3) is 0.667. The van der Waals surface area contributed by atoms with Gasteiger partial charge in [0.2, 0.25) is 0 Å². The number of benzene rings is 1. The van der Waals surface area contributed by atoms with E-state index in [-0.39, 0.29) is 0 Å². The molecule has 0 aliphatic heterocycles. The highest BCUT2D eigenvalue weighted by molar-refractivity contribution is 5.29. The summed E-state index contributed by atoms with van der Waals surface area (Å²) in [6, 6.07) is 8.92. The highest BCUT2D eigenvalue weighted by Gasteiger charge is 2.33. The van der Waals surface area contributed by atoms with Crippen molar-refractivity contribution in [2.24, 2.45) is 11.3 Å². The van der Waals surface area contributed by atoms with Gasteiger partial charge in [-0.1, -0.05) is 32.9 Å². The van der Waals surface area contributed by atoms with Crippen molar-refractivity contribution in [3.8, 4) is 5.75 Å². The molecular formula is C18H29NO. The molecule has 2 heteroatoms. The SMILES string of the molecule is CNC(C)c1ccc(OC2CC(C)CC(C)(C)C2)cc1. The molecule has 2 nitrogen and oxygen atoms in total. The lowest BCUT2D eigenvalue weighted by Crippen LogP contribution is -2.34. The molecule has 0 saturated heterocycles. The van der Waals surface area contributed by atoms with Gasteiger partial charge in [-0.05, 0) is 62.3 Å². The summed E-state index contributed by atoms with van der Waals surface area (Å²) in [7, 11) is 1.99. The van der Waals surface area contributed by atoms with Crippen LogP contribution in [-0.4, -0.2) is 13.2 Å². The summed E-state index contributed by atoms with van der Waals surface area (Å²) in [4.78, 5) is 0. The van der Waals surface area contributed by atoms with E-state index >= 15 is 0 Å². The first-order valence-electron chi connectivity index (χ1n) is 7.83. The number of hydrogen-bond acceptors (Lipinski definition) is 2. The molecule has 1 saturated carbocycles.